The van der Waals surface area contributed by atoms with Gasteiger partial charge in [-0.25, -0.2) is 11.7 Å². The van der Waals surface area contributed by atoms with Crippen molar-refractivity contribution in [3.05, 3.63) is 125 Å². The minimum absolute atomic E-state index is 0.376. The molecule has 3 aromatic rings. The zero-order valence-corrected chi connectivity index (χ0v) is 18.3. The zero-order chi connectivity index (χ0) is 23.7. The van der Waals surface area contributed by atoms with Crippen molar-refractivity contribution in [1.82, 2.24) is 15.3 Å². The molecule has 0 saturated heterocycles. The van der Waals surface area contributed by atoms with Crippen molar-refractivity contribution in [2.24, 2.45) is 22.4 Å². The molecule has 2 aliphatic rings. The van der Waals surface area contributed by atoms with E-state index in [0.717, 1.165) is 28.0 Å². The van der Waals surface area contributed by atoms with Crippen LogP contribution in [0.1, 0.15) is 34.6 Å². The molecule has 2 unspecified atom stereocenters. The number of aliphatic imine (C=N–C) groups is 1. The molecule has 0 aliphatic carbocycles. The summed E-state index contributed by atoms with van der Waals surface area (Å²) in [4.78, 5) is 4.88. The van der Waals surface area contributed by atoms with E-state index in [2.05, 4.69) is 11.4 Å². The fourth-order valence-corrected chi connectivity index (χ4v) is 4.33. The summed E-state index contributed by atoms with van der Waals surface area (Å²) >= 11 is 0. The van der Waals surface area contributed by atoms with Crippen molar-refractivity contribution in [2.45, 2.75) is 12.3 Å². The van der Waals surface area contributed by atoms with Gasteiger partial charge in [-0.2, -0.15) is 5.26 Å². The van der Waals surface area contributed by atoms with Gasteiger partial charge in [0.2, 0.25) is 0 Å². The molecule has 8 nitrogen and oxygen atoms in total. The second-order valence-corrected chi connectivity index (χ2v) is 8.00. The first-order valence-corrected chi connectivity index (χ1v) is 10.8. The van der Waals surface area contributed by atoms with E-state index in [4.69, 9.17) is 22.4 Å². The Hall–Kier alpha value is -4.58. The summed E-state index contributed by atoms with van der Waals surface area (Å²) < 4.78 is 0. The maximum atomic E-state index is 9.76. The molecule has 0 amide bonds. The van der Waals surface area contributed by atoms with Gasteiger partial charge in [-0.1, -0.05) is 78.9 Å². The van der Waals surface area contributed by atoms with Crippen molar-refractivity contribution in [3.8, 4) is 6.07 Å². The lowest BCUT2D eigenvalue weighted by Gasteiger charge is -2.25. The lowest BCUT2D eigenvalue weighted by Crippen LogP contribution is -2.35. The highest BCUT2D eigenvalue weighted by atomic mass is 15.5. The van der Waals surface area contributed by atoms with Crippen LogP contribution in [0.2, 0.25) is 0 Å². The van der Waals surface area contributed by atoms with Crippen LogP contribution in [-0.2, 0) is 0 Å². The normalized spacial score (nSPS) is 21.0. The van der Waals surface area contributed by atoms with Crippen molar-refractivity contribution in [1.29, 1.82) is 5.26 Å². The Bertz CT molecular complexity index is 1340. The number of nitrogens with one attached hydrogen (secondary N) is 1. The first-order chi connectivity index (χ1) is 16.6. The van der Waals surface area contributed by atoms with Crippen LogP contribution in [-0.4, -0.2) is 15.7 Å². The molecule has 3 aromatic carbocycles. The van der Waals surface area contributed by atoms with E-state index in [0.29, 0.717) is 17.1 Å². The van der Waals surface area contributed by atoms with Crippen molar-refractivity contribution < 1.29 is 0 Å². The first-order valence-electron chi connectivity index (χ1n) is 10.8. The van der Waals surface area contributed by atoms with Crippen molar-refractivity contribution in [3.63, 3.8) is 0 Å². The minimum Gasteiger partial charge on any atom is -0.403 e. The number of rotatable bonds is 4. The minimum atomic E-state index is -0.449. The summed E-state index contributed by atoms with van der Waals surface area (Å²) in [7, 11) is 0. The Morgan fingerprint density at radius 2 is 1.50 bits per heavy atom. The second-order valence-electron chi connectivity index (χ2n) is 8.00. The highest BCUT2D eigenvalue weighted by Gasteiger charge is 2.34. The Kier molecular flexibility index (Phi) is 5.47. The fraction of sp³-hybridized carbons (Fsp3) is 0.0769. The third kappa shape index (κ3) is 3.55. The number of hydrazine groups is 2. The number of hydrogen-bond donors (Lipinski definition) is 4. The highest BCUT2D eigenvalue weighted by Crippen LogP contribution is 2.36. The van der Waals surface area contributed by atoms with E-state index in [9.17, 15) is 5.26 Å². The van der Waals surface area contributed by atoms with Gasteiger partial charge in [-0.15, -0.1) is 0 Å². The summed E-state index contributed by atoms with van der Waals surface area (Å²) in [6.07, 6.45) is 0.611. The van der Waals surface area contributed by atoms with Crippen molar-refractivity contribution in [2.75, 3.05) is 0 Å². The van der Waals surface area contributed by atoms with Gasteiger partial charge in [0, 0.05) is 17.3 Å². The average Bonchev–Trinajstić information content (AvgIpc) is 3.41. The summed E-state index contributed by atoms with van der Waals surface area (Å²) in [5.41, 5.74) is 12.0. The standard InChI is InChI=1S/C26H24N8/c27-15-21-23(17-8-3-1-4-9-17)31-25(33(21)29)19-12-7-13-20(14-19)26-32-24(22(16-28)34(26)30)18-10-5-2-6-11-18/h1-15,25-26,32H,27,29-30H2. The third-order valence-electron chi connectivity index (χ3n) is 5.99. The van der Waals surface area contributed by atoms with Gasteiger partial charge in [0.05, 0.1) is 17.1 Å². The molecule has 2 heterocycles. The van der Waals surface area contributed by atoms with Crippen LogP contribution < -0.4 is 22.7 Å². The number of benzene rings is 3. The second kappa shape index (κ2) is 8.75. The molecular formula is C26H24N8. The number of nitriles is 1. The largest absolute Gasteiger partial charge is 0.403 e. The van der Waals surface area contributed by atoms with Crippen LogP contribution in [0.4, 0.5) is 0 Å². The smallest absolute Gasteiger partial charge is 0.161 e. The molecule has 0 aromatic heterocycles. The average molecular weight is 449 g/mol. The number of hydrogen-bond acceptors (Lipinski definition) is 8. The van der Waals surface area contributed by atoms with Gasteiger partial charge < -0.3 is 11.1 Å². The molecule has 8 heteroatoms. The molecule has 0 radical (unpaired) electrons. The van der Waals surface area contributed by atoms with Gasteiger partial charge in [0.25, 0.3) is 0 Å². The van der Waals surface area contributed by atoms with E-state index in [-0.39, 0.29) is 0 Å². The topological polar surface area (TPSA) is 133 Å². The lowest BCUT2D eigenvalue weighted by molar-refractivity contribution is 0.278. The van der Waals surface area contributed by atoms with E-state index in [1.54, 1.807) is 5.01 Å². The molecule has 0 fully saturated rings. The molecule has 5 rings (SSSR count). The summed E-state index contributed by atoms with van der Waals surface area (Å²) in [5, 5.41) is 16.2. The molecular weight excluding hydrogens is 424 g/mol. The van der Waals surface area contributed by atoms with Crippen LogP contribution >= 0.6 is 0 Å². The number of allylic oxidation sites excluding steroid dienone is 2. The van der Waals surface area contributed by atoms with Gasteiger partial charge in [-0.05, 0) is 17.2 Å². The Morgan fingerprint density at radius 3 is 2.15 bits per heavy atom. The van der Waals surface area contributed by atoms with Crippen LogP contribution in [0.25, 0.3) is 5.70 Å². The third-order valence-corrected chi connectivity index (χ3v) is 5.99. The van der Waals surface area contributed by atoms with E-state index in [1.165, 1.54) is 11.2 Å². The van der Waals surface area contributed by atoms with E-state index >= 15 is 0 Å². The lowest BCUT2D eigenvalue weighted by atomic mass is 10.1. The van der Waals surface area contributed by atoms with Crippen molar-refractivity contribution >= 4 is 11.4 Å². The molecule has 34 heavy (non-hydrogen) atoms. The van der Waals surface area contributed by atoms with Crippen LogP contribution in [0, 0.1) is 11.3 Å². The molecule has 7 N–H and O–H groups in total. The molecule has 0 saturated carbocycles. The Morgan fingerprint density at radius 1 is 0.853 bits per heavy atom. The van der Waals surface area contributed by atoms with Gasteiger partial charge in [-0.3, -0.25) is 15.0 Å². The summed E-state index contributed by atoms with van der Waals surface area (Å²) in [6.45, 7) is 0. The highest BCUT2D eigenvalue weighted by molar-refractivity contribution is 6.13. The molecule has 2 aliphatic heterocycles. The van der Waals surface area contributed by atoms with Crippen LogP contribution in [0.5, 0.6) is 0 Å². The summed E-state index contributed by atoms with van der Waals surface area (Å²) in [5.74, 6) is 12.8. The van der Waals surface area contributed by atoms with Gasteiger partial charge >= 0.3 is 0 Å². The maximum absolute atomic E-state index is 9.76. The fourth-order valence-electron chi connectivity index (χ4n) is 4.33. The number of nitrogens with zero attached hydrogens (tertiary/aromatic N) is 4. The predicted molar refractivity (Wildman–Crippen MR) is 131 cm³/mol. The molecule has 0 bridgehead atoms. The Labute approximate surface area is 197 Å². The van der Waals surface area contributed by atoms with E-state index in [1.807, 2.05) is 84.9 Å². The van der Waals surface area contributed by atoms with Crippen LogP contribution in [0.3, 0.4) is 0 Å². The van der Waals surface area contributed by atoms with Crippen LogP contribution in [0.15, 0.2) is 108 Å². The Balaban J connectivity index is 1.48. The molecule has 0 spiro atoms. The molecule has 2 atom stereocenters. The van der Waals surface area contributed by atoms with E-state index < -0.39 is 12.3 Å². The van der Waals surface area contributed by atoms with Gasteiger partial charge in [0.15, 0.2) is 11.9 Å². The molecule has 168 valence electrons. The number of nitrogens with two attached hydrogens (primary N) is 3. The predicted octanol–water partition coefficient (Wildman–Crippen LogP) is 2.83. The quantitative estimate of drug-likeness (QED) is 0.451. The first kappa shape index (κ1) is 21.3. The summed E-state index contributed by atoms with van der Waals surface area (Å²) in [6, 6.07) is 29.5. The monoisotopic (exact) mass is 448 g/mol. The maximum Gasteiger partial charge on any atom is 0.161 e. The van der Waals surface area contributed by atoms with Gasteiger partial charge in [0.1, 0.15) is 12.2 Å². The SMILES string of the molecule is N#CC1=C(c2ccccc2)NC(c2cccc(C3N=C(c4ccccc4)C(=CN)N3N)c2)N1N. The zero-order valence-electron chi connectivity index (χ0n) is 18.3.